The minimum Gasteiger partial charge on any atom is -0.0654 e. The minimum absolute atomic E-state index is 0.833. The molecule has 0 aliphatic rings. The maximum absolute atomic E-state index is 3.31. The van der Waals surface area contributed by atoms with Gasteiger partial charge in [-0.05, 0) is 67.0 Å². The summed E-state index contributed by atoms with van der Waals surface area (Å²) < 4.78 is 0. The molecule has 0 aliphatic heterocycles. The Bertz CT molecular complexity index is 707. The monoisotopic (exact) mass is 374 g/mol. The van der Waals surface area contributed by atoms with Crippen LogP contribution in [-0.4, -0.2) is 0 Å². The van der Waals surface area contributed by atoms with Crippen molar-refractivity contribution in [1.82, 2.24) is 0 Å². The quantitative estimate of drug-likeness (QED) is 0.276. The molecule has 0 spiro atoms. The summed E-state index contributed by atoms with van der Waals surface area (Å²) in [6, 6.07) is 17.6. The zero-order valence-corrected chi connectivity index (χ0v) is 18.3. The van der Waals surface area contributed by atoms with Crippen LogP contribution in [0.3, 0.4) is 0 Å². The van der Waals surface area contributed by atoms with Crippen LogP contribution in [0.1, 0.15) is 94.4 Å². The number of hydrogen-bond acceptors (Lipinski definition) is 0. The molecule has 2 aromatic carbocycles. The molecule has 0 N–H and O–H groups in total. The van der Waals surface area contributed by atoms with Crippen molar-refractivity contribution >= 4 is 0 Å². The van der Waals surface area contributed by atoms with Crippen molar-refractivity contribution in [2.45, 2.75) is 85.0 Å². The second-order valence-electron chi connectivity index (χ2n) is 8.45. The van der Waals surface area contributed by atoms with E-state index in [4.69, 9.17) is 0 Å². The lowest BCUT2D eigenvalue weighted by Gasteiger charge is -2.04. The van der Waals surface area contributed by atoms with Crippen LogP contribution in [0, 0.1) is 17.8 Å². The first-order chi connectivity index (χ1) is 13.7. The molecule has 0 fully saturated rings. The van der Waals surface area contributed by atoms with Gasteiger partial charge in [0.25, 0.3) is 0 Å². The van der Waals surface area contributed by atoms with Crippen molar-refractivity contribution in [2.75, 3.05) is 0 Å². The summed E-state index contributed by atoms with van der Waals surface area (Å²) in [5, 5.41) is 0. The van der Waals surface area contributed by atoms with Gasteiger partial charge in [0.1, 0.15) is 0 Å². The Morgan fingerprint density at radius 1 is 0.607 bits per heavy atom. The van der Waals surface area contributed by atoms with Gasteiger partial charge in [0.15, 0.2) is 0 Å². The summed E-state index contributed by atoms with van der Waals surface area (Å²) in [6.45, 7) is 6.88. The van der Waals surface area contributed by atoms with Crippen LogP contribution < -0.4 is 0 Å². The van der Waals surface area contributed by atoms with Crippen molar-refractivity contribution in [3.05, 3.63) is 70.8 Å². The highest BCUT2D eigenvalue weighted by atomic mass is 14.0. The molecule has 0 saturated carbocycles. The van der Waals surface area contributed by atoms with Gasteiger partial charge in [-0.2, -0.15) is 0 Å². The lowest BCUT2D eigenvalue weighted by atomic mass is 10.0. The minimum atomic E-state index is 0.833. The second-order valence-corrected chi connectivity index (χ2v) is 8.45. The van der Waals surface area contributed by atoms with Gasteiger partial charge in [0, 0.05) is 11.1 Å². The molecular formula is C28H38. The van der Waals surface area contributed by atoms with E-state index in [2.05, 4.69) is 81.1 Å². The summed E-state index contributed by atoms with van der Waals surface area (Å²) >= 11 is 0. The Hall–Kier alpha value is -2.00. The van der Waals surface area contributed by atoms with Gasteiger partial charge in [0.05, 0.1) is 0 Å². The third-order valence-corrected chi connectivity index (χ3v) is 5.32. The van der Waals surface area contributed by atoms with Crippen LogP contribution in [0.2, 0.25) is 0 Å². The standard InChI is InChI=1S/C28H38/c1-4-5-6-9-12-25-14-18-27(19-15-25)22-23-28-20-16-26(17-21-28)13-10-7-8-11-24(2)3/h14-21,24H,4-13H2,1-3H3. The summed E-state index contributed by atoms with van der Waals surface area (Å²) in [4.78, 5) is 0. The highest BCUT2D eigenvalue weighted by molar-refractivity contribution is 5.44. The summed E-state index contributed by atoms with van der Waals surface area (Å²) in [5.74, 6) is 7.44. The van der Waals surface area contributed by atoms with Gasteiger partial charge in [-0.25, -0.2) is 0 Å². The van der Waals surface area contributed by atoms with Gasteiger partial charge < -0.3 is 0 Å². The van der Waals surface area contributed by atoms with Crippen molar-refractivity contribution in [3.8, 4) is 11.8 Å². The fourth-order valence-electron chi connectivity index (χ4n) is 3.47. The fraction of sp³-hybridized carbons (Fsp3) is 0.500. The summed E-state index contributed by atoms with van der Waals surface area (Å²) in [6.07, 6.45) is 13.0. The molecule has 0 nitrogen and oxygen atoms in total. The lowest BCUT2D eigenvalue weighted by Crippen LogP contribution is -1.89. The zero-order chi connectivity index (χ0) is 20.0. The molecule has 0 heteroatoms. The number of aryl methyl sites for hydroxylation is 2. The normalized spacial score (nSPS) is 10.7. The molecule has 0 heterocycles. The van der Waals surface area contributed by atoms with Crippen LogP contribution in [0.15, 0.2) is 48.5 Å². The molecule has 28 heavy (non-hydrogen) atoms. The smallest absolute Gasteiger partial charge is 0.0249 e. The maximum atomic E-state index is 3.31. The largest absolute Gasteiger partial charge is 0.0654 e. The second kappa shape index (κ2) is 13.2. The number of rotatable bonds is 11. The van der Waals surface area contributed by atoms with Gasteiger partial charge in [-0.1, -0.05) is 95.4 Å². The lowest BCUT2D eigenvalue weighted by molar-refractivity contribution is 0.527. The van der Waals surface area contributed by atoms with E-state index in [-0.39, 0.29) is 0 Å². The van der Waals surface area contributed by atoms with Gasteiger partial charge in [-0.3, -0.25) is 0 Å². The molecule has 0 aromatic heterocycles. The molecule has 0 radical (unpaired) electrons. The van der Waals surface area contributed by atoms with E-state index in [0.717, 1.165) is 17.0 Å². The Balaban J connectivity index is 1.77. The average molecular weight is 375 g/mol. The third-order valence-electron chi connectivity index (χ3n) is 5.32. The van der Waals surface area contributed by atoms with Gasteiger partial charge in [-0.15, -0.1) is 0 Å². The van der Waals surface area contributed by atoms with Crippen LogP contribution >= 0.6 is 0 Å². The van der Waals surface area contributed by atoms with E-state index in [1.54, 1.807) is 0 Å². The van der Waals surface area contributed by atoms with Crippen LogP contribution in [0.5, 0.6) is 0 Å². The Morgan fingerprint density at radius 3 is 1.50 bits per heavy atom. The summed E-state index contributed by atoms with van der Waals surface area (Å²) in [5.41, 5.74) is 5.07. The van der Waals surface area contributed by atoms with Gasteiger partial charge in [0.2, 0.25) is 0 Å². The SMILES string of the molecule is CCCCCCc1ccc(C#Cc2ccc(CCCCCC(C)C)cc2)cc1. The van der Waals surface area contributed by atoms with Crippen LogP contribution in [0.25, 0.3) is 0 Å². The molecule has 2 rings (SSSR count). The fourth-order valence-corrected chi connectivity index (χ4v) is 3.47. The van der Waals surface area contributed by atoms with Gasteiger partial charge >= 0.3 is 0 Å². The Labute approximate surface area is 173 Å². The Kier molecular flexibility index (Phi) is 10.5. The van der Waals surface area contributed by atoms with E-state index < -0.39 is 0 Å². The highest BCUT2D eigenvalue weighted by Crippen LogP contribution is 2.13. The molecule has 0 saturated heterocycles. The first-order valence-electron chi connectivity index (χ1n) is 11.4. The van der Waals surface area contributed by atoms with Crippen LogP contribution in [-0.2, 0) is 12.8 Å². The number of benzene rings is 2. The molecule has 0 aliphatic carbocycles. The topological polar surface area (TPSA) is 0 Å². The number of hydrogen-bond donors (Lipinski definition) is 0. The molecule has 0 bridgehead atoms. The highest BCUT2D eigenvalue weighted by Gasteiger charge is 1.97. The van der Waals surface area contributed by atoms with Crippen molar-refractivity contribution in [2.24, 2.45) is 5.92 Å². The molecule has 150 valence electrons. The van der Waals surface area contributed by atoms with Crippen molar-refractivity contribution in [3.63, 3.8) is 0 Å². The third kappa shape index (κ3) is 9.27. The van der Waals surface area contributed by atoms with E-state index in [1.165, 1.54) is 75.3 Å². The predicted molar refractivity (Wildman–Crippen MR) is 124 cm³/mol. The van der Waals surface area contributed by atoms with Crippen LogP contribution in [0.4, 0.5) is 0 Å². The van der Waals surface area contributed by atoms with E-state index in [1.807, 2.05) is 0 Å². The Morgan fingerprint density at radius 2 is 1.07 bits per heavy atom. The van der Waals surface area contributed by atoms with E-state index in [0.29, 0.717) is 0 Å². The van der Waals surface area contributed by atoms with Crippen molar-refractivity contribution < 1.29 is 0 Å². The predicted octanol–water partition coefficient (Wildman–Crippen LogP) is 7.97. The first kappa shape index (κ1) is 22.3. The molecule has 0 amide bonds. The van der Waals surface area contributed by atoms with Crippen molar-refractivity contribution in [1.29, 1.82) is 0 Å². The zero-order valence-electron chi connectivity index (χ0n) is 18.3. The molecule has 0 atom stereocenters. The molecular weight excluding hydrogens is 336 g/mol. The number of unbranched alkanes of at least 4 members (excludes halogenated alkanes) is 5. The average Bonchev–Trinajstić information content (AvgIpc) is 2.71. The summed E-state index contributed by atoms with van der Waals surface area (Å²) in [7, 11) is 0. The van der Waals surface area contributed by atoms with E-state index in [9.17, 15) is 0 Å². The molecule has 0 unspecified atom stereocenters. The van der Waals surface area contributed by atoms with E-state index >= 15 is 0 Å². The maximum Gasteiger partial charge on any atom is 0.0249 e. The molecule has 2 aromatic rings. The first-order valence-corrected chi connectivity index (χ1v) is 11.4.